The van der Waals surface area contributed by atoms with Gasteiger partial charge in [0.05, 0.1) is 4.90 Å². The lowest BCUT2D eigenvalue weighted by molar-refractivity contribution is -0.139. The van der Waals surface area contributed by atoms with Gasteiger partial charge in [-0.2, -0.15) is 0 Å². The fourth-order valence-corrected chi connectivity index (χ4v) is 7.58. The molecule has 1 atom stereocenters. The number of carbonyl (C=O) groups excluding carboxylic acids is 1. The molecule has 0 spiro atoms. The number of aliphatic carboxylic acids is 1. The van der Waals surface area contributed by atoms with Gasteiger partial charge in [0.1, 0.15) is 23.0 Å². The van der Waals surface area contributed by atoms with Crippen LogP contribution in [0.25, 0.3) is 0 Å². The first kappa shape index (κ1) is 35.7. The maximum Gasteiger partial charge on any atom is 0.326 e. The summed E-state index contributed by atoms with van der Waals surface area (Å²) in [6.45, 7) is 9.33. The van der Waals surface area contributed by atoms with Crippen LogP contribution in [0.3, 0.4) is 0 Å². The van der Waals surface area contributed by atoms with Crippen molar-refractivity contribution < 1.29 is 27.9 Å². The van der Waals surface area contributed by atoms with Crippen LogP contribution < -0.4 is 25.7 Å². The van der Waals surface area contributed by atoms with E-state index in [0.29, 0.717) is 35.4 Å². The minimum atomic E-state index is -4.12. The summed E-state index contributed by atoms with van der Waals surface area (Å²) in [5, 5.41) is 22.9. The Balaban J connectivity index is 1.33. The summed E-state index contributed by atoms with van der Waals surface area (Å²) >= 11 is 3.47. The van der Waals surface area contributed by atoms with Crippen LogP contribution in [0.2, 0.25) is 0 Å². The van der Waals surface area contributed by atoms with Crippen LogP contribution in [0.1, 0.15) is 77.0 Å². The Kier molecular flexibility index (Phi) is 10.9. The Morgan fingerprint density at radius 2 is 1.81 bits per heavy atom. The number of benzene rings is 2. The van der Waals surface area contributed by atoms with Crippen LogP contribution in [0.15, 0.2) is 50.6 Å². The highest BCUT2D eigenvalue weighted by Gasteiger charge is 2.33. The quantitative estimate of drug-likeness (QED) is 0.0960. The number of amides is 1. The molecule has 0 aliphatic carbocycles. The molecule has 0 bridgehead atoms. The van der Waals surface area contributed by atoms with E-state index in [2.05, 4.69) is 36.3 Å². The van der Waals surface area contributed by atoms with E-state index < -0.39 is 39.5 Å². The van der Waals surface area contributed by atoms with Crippen LogP contribution in [-0.2, 0) is 27.7 Å². The van der Waals surface area contributed by atoms with E-state index in [-0.39, 0.29) is 35.4 Å². The van der Waals surface area contributed by atoms with E-state index >= 15 is 0 Å². The molecule has 3 aromatic rings. The third-order valence-corrected chi connectivity index (χ3v) is 10.7. The SMILES string of the molecule is Cc1c(C)c(S(=O)(=O)NC(=N)NCCC[C@H](NC(=O)c2ccc(Cc3ccccc3Br)[nH]c2=O)C(=O)O)c(C)c2c1OC(C)(C)CC2. The molecule has 47 heavy (non-hydrogen) atoms. The van der Waals surface area contributed by atoms with Gasteiger partial charge < -0.3 is 25.5 Å². The normalized spacial score (nSPS) is 14.3. The number of carbonyl (C=O) groups is 2. The summed E-state index contributed by atoms with van der Waals surface area (Å²) in [6.07, 6.45) is 1.96. The zero-order valence-electron chi connectivity index (χ0n) is 27.0. The van der Waals surface area contributed by atoms with Crippen molar-refractivity contribution >= 4 is 43.8 Å². The number of aromatic nitrogens is 1. The number of carboxylic acid groups (broad SMARTS) is 1. The lowest BCUT2D eigenvalue weighted by Gasteiger charge is -2.35. The number of H-pyrrole nitrogens is 1. The smallest absolute Gasteiger partial charge is 0.326 e. The van der Waals surface area contributed by atoms with Crippen molar-refractivity contribution in [2.24, 2.45) is 0 Å². The van der Waals surface area contributed by atoms with Crippen LogP contribution in [-0.4, -0.2) is 54.5 Å². The fourth-order valence-electron chi connectivity index (χ4n) is 5.63. The zero-order chi connectivity index (χ0) is 34.7. The number of ether oxygens (including phenoxy) is 1. The summed E-state index contributed by atoms with van der Waals surface area (Å²) in [4.78, 5) is 40.1. The van der Waals surface area contributed by atoms with Crippen molar-refractivity contribution in [3.63, 3.8) is 0 Å². The minimum Gasteiger partial charge on any atom is -0.487 e. The molecule has 2 heterocycles. The van der Waals surface area contributed by atoms with Gasteiger partial charge in [0.2, 0.25) is 5.96 Å². The van der Waals surface area contributed by atoms with E-state index in [1.807, 2.05) is 45.0 Å². The Morgan fingerprint density at radius 3 is 2.47 bits per heavy atom. The molecular formula is C33H40BrN5O7S. The molecule has 0 unspecified atom stereocenters. The average Bonchev–Trinajstić information content (AvgIpc) is 2.97. The molecule has 1 aliphatic heterocycles. The summed E-state index contributed by atoms with van der Waals surface area (Å²) in [7, 11) is -4.12. The number of pyridine rings is 1. The molecule has 0 radical (unpaired) electrons. The number of fused-ring (bicyclic) bond motifs is 1. The molecule has 4 rings (SSSR count). The number of rotatable bonds is 11. The third kappa shape index (κ3) is 8.41. The molecule has 6 N–H and O–H groups in total. The molecule has 1 amide bonds. The summed E-state index contributed by atoms with van der Waals surface area (Å²) in [5.74, 6) is -1.89. The second-order valence-corrected chi connectivity index (χ2v) is 14.8. The largest absolute Gasteiger partial charge is 0.487 e. The van der Waals surface area contributed by atoms with Crippen LogP contribution >= 0.6 is 15.9 Å². The molecule has 12 nitrogen and oxygen atoms in total. The summed E-state index contributed by atoms with van der Waals surface area (Å²) in [5.41, 5.74) is 3.00. The van der Waals surface area contributed by atoms with Crippen molar-refractivity contribution in [3.05, 3.63) is 90.3 Å². The first-order chi connectivity index (χ1) is 22.0. The van der Waals surface area contributed by atoms with Crippen LogP contribution in [0.5, 0.6) is 5.75 Å². The number of hydrogen-bond donors (Lipinski definition) is 6. The van der Waals surface area contributed by atoms with Gasteiger partial charge in [-0.15, -0.1) is 0 Å². The topological polar surface area (TPSA) is 191 Å². The first-order valence-corrected chi connectivity index (χ1v) is 17.4. The first-order valence-electron chi connectivity index (χ1n) is 15.2. The number of carboxylic acids is 1. The minimum absolute atomic E-state index is 0.0370. The molecule has 1 aromatic heterocycles. The van der Waals surface area contributed by atoms with Crippen molar-refractivity contribution in [2.45, 2.75) is 83.3 Å². The highest BCUT2D eigenvalue weighted by Crippen LogP contribution is 2.42. The standard InChI is InChI=1S/C33H40BrN5O7S/c1-18-19(2)28(20(3)23-14-15-33(4,5)46-27(18)23)47(44,45)39-32(35)36-16-8-11-26(31(42)43)38-30(41)24-13-12-22(37-29(24)40)17-21-9-6-7-10-25(21)34/h6-7,9-10,12-13,26H,8,11,14-17H2,1-5H3,(H,37,40)(H,38,41)(H,42,43)(H3,35,36,39)/t26-/m0/s1. The van der Waals surface area contributed by atoms with Crippen molar-refractivity contribution in [3.8, 4) is 5.75 Å². The maximum atomic E-state index is 13.4. The predicted octanol–water partition coefficient (Wildman–Crippen LogP) is 4.22. The molecule has 0 saturated carbocycles. The van der Waals surface area contributed by atoms with Gasteiger partial charge in [-0.05, 0) is 106 Å². The molecule has 14 heteroatoms. The van der Waals surface area contributed by atoms with Gasteiger partial charge in [0, 0.05) is 23.1 Å². The Bertz CT molecular complexity index is 1890. The summed E-state index contributed by atoms with van der Waals surface area (Å²) in [6, 6.07) is 9.18. The van der Waals surface area contributed by atoms with E-state index in [9.17, 15) is 27.9 Å². The number of hydrogen-bond acceptors (Lipinski definition) is 7. The van der Waals surface area contributed by atoms with Gasteiger partial charge in [-0.25, -0.2) is 17.9 Å². The summed E-state index contributed by atoms with van der Waals surface area (Å²) < 4.78 is 36.1. The second kappa shape index (κ2) is 14.3. The Morgan fingerprint density at radius 1 is 1.11 bits per heavy atom. The Labute approximate surface area is 282 Å². The van der Waals surface area contributed by atoms with Crippen LogP contribution in [0.4, 0.5) is 0 Å². The number of nitrogens with one attached hydrogen (secondary N) is 5. The highest BCUT2D eigenvalue weighted by molar-refractivity contribution is 9.10. The maximum absolute atomic E-state index is 13.4. The van der Waals surface area contributed by atoms with E-state index in [1.165, 1.54) is 6.07 Å². The van der Waals surface area contributed by atoms with Gasteiger partial charge in [0.15, 0.2) is 0 Å². The zero-order valence-corrected chi connectivity index (χ0v) is 29.4. The number of halogens is 1. The molecule has 252 valence electrons. The number of sulfonamides is 1. The number of guanidine groups is 1. The number of aromatic amines is 1. The van der Waals surface area contributed by atoms with Crippen molar-refractivity contribution in [1.29, 1.82) is 5.41 Å². The van der Waals surface area contributed by atoms with E-state index in [0.717, 1.165) is 27.6 Å². The van der Waals surface area contributed by atoms with E-state index in [4.69, 9.17) is 10.1 Å². The molecule has 0 fully saturated rings. The lowest BCUT2D eigenvalue weighted by Crippen LogP contribution is -2.44. The van der Waals surface area contributed by atoms with Gasteiger partial charge in [-0.1, -0.05) is 34.1 Å². The van der Waals surface area contributed by atoms with Gasteiger partial charge in [-0.3, -0.25) is 15.0 Å². The molecule has 0 saturated heterocycles. The van der Waals surface area contributed by atoms with Gasteiger partial charge >= 0.3 is 5.97 Å². The highest BCUT2D eigenvalue weighted by atomic mass is 79.9. The van der Waals surface area contributed by atoms with Crippen molar-refractivity contribution in [2.75, 3.05) is 6.54 Å². The molecule has 2 aromatic carbocycles. The van der Waals surface area contributed by atoms with Gasteiger partial charge in [0.25, 0.3) is 21.5 Å². The second-order valence-electron chi connectivity index (χ2n) is 12.3. The van der Waals surface area contributed by atoms with E-state index in [1.54, 1.807) is 19.9 Å². The monoisotopic (exact) mass is 729 g/mol. The predicted molar refractivity (Wildman–Crippen MR) is 182 cm³/mol. The lowest BCUT2D eigenvalue weighted by atomic mass is 9.88. The third-order valence-electron chi connectivity index (χ3n) is 8.30. The molecule has 1 aliphatic rings. The van der Waals surface area contributed by atoms with Crippen LogP contribution in [0, 0.1) is 26.2 Å². The fraction of sp³-hybridized carbons (Fsp3) is 0.394. The Hall–Kier alpha value is -4.17. The molecular weight excluding hydrogens is 690 g/mol. The van der Waals surface area contributed by atoms with Crippen molar-refractivity contribution in [1.82, 2.24) is 20.3 Å². The average molecular weight is 731 g/mol.